The van der Waals surface area contributed by atoms with E-state index < -0.39 is 75.9 Å². The molecule has 1 N–H and O–H groups in total. The highest BCUT2D eigenvalue weighted by Gasteiger charge is 2.76. The van der Waals surface area contributed by atoms with E-state index in [4.69, 9.17) is 23.7 Å². The SMILES string of the molecule is CC(=O)OCC[C@]12COC[C@H]1[C@]1(C)CC[C@@H]3[C@@](C)(C1[C@H](OC(C)=O)[C@@H]2OC(C)=O)[C@H](OC(C)=O)C=C(C)[C@]3(O)CC(C)c1ccccc1. The minimum atomic E-state index is -1.28. The molecule has 10 heteroatoms. The Morgan fingerprint density at radius 3 is 2.19 bits per heavy atom. The van der Waals surface area contributed by atoms with Crippen LogP contribution in [0.5, 0.6) is 0 Å². The second-order valence-electron chi connectivity index (χ2n) is 15.3. The normalized spacial score (nSPS) is 39.1. The van der Waals surface area contributed by atoms with Crippen LogP contribution in [-0.4, -0.2) is 72.7 Å². The lowest BCUT2D eigenvalue weighted by Crippen LogP contribution is -2.74. The third-order valence-electron chi connectivity index (χ3n) is 12.5. The molecule has 11 atom stereocenters. The van der Waals surface area contributed by atoms with Crippen LogP contribution in [0.3, 0.4) is 0 Å². The smallest absolute Gasteiger partial charge is 0.303 e. The van der Waals surface area contributed by atoms with Crippen molar-refractivity contribution in [2.75, 3.05) is 19.8 Å². The number of hydrogen-bond acceptors (Lipinski definition) is 10. The van der Waals surface area contributed by atoms with Crippen LogP contribution in [0, 0.1) is 34.0 Å². The molecule has 3 aliphatic carbocycles. The number of carbonyl (C=O) groups is 4. The average molecular weight is 669 g/mol. The summed E-state index contributed by atoms with van der Waals surface area (Å²) in [4.78, 5) is 50.5. The van der Waals surface area contributed by atoms with Crippen LogP contribution in [0.4, 0.5) is 0 Å². The Morgan fingerprint density at radius 2 is 1.58 bits per heavy atom. The molecule has 2 saturated carbocycles. The quantitative estimate of drug-likeness (QED) is 0.210. The summed E-state index contributed by atoms with van der Waals surface area (Å²) in [6.45, 7) is 14.3. The van der Waals surface area contributed by atoms with Gasteiger partial charge < -0.3 is 28.8 Å². The molecule has 0 spiro atoms. The van der Waals surface area contributed by atoms with E-state index in [-0.39, 0.29) is 25.0 Å². The Bertz CT molecular complexity index is 1440. The molecule has 264 valence electrons. The fraction of sp³-hybridized carbons (Fsp3) is 0.684. The summed E-state index contributed by atoms with van der Waals surface area (Å²) in [5, 5.41) is 13.0. The van der Waals surface area contributed by atoms with Gasteiger partial charge in [0.1, 0.15) is 18.3 Å². The van der Waals surface area contributed by atoms with Gasteiger partial charge in [-0.1, -0.05) is 51.1 Å². The third kappa shape index (κ3) is 5.97. The second kappa shape index (κ2) is 13.2. The van der Waals surface area contributed by atoms with E-state index in [0.29, 0.717) is 32.3 Å². The summed E-state index contributed by atoms with van der Waals surface area (Å²) in [6, 6.07) is 10.1. The van der Waals surface area contributed by atoms with E-state index >= 15 is 0 Å². The molecule has 1 aromatic carbocycles. The van der Waals surface area contributed by atoms with Crippen molar-refractivity contribution in [2.45, 2.75) is 111 Å². The summed E-state index contributed by atoms with van der Waals surface area (Å²) < 4.78 is 30.3. The number of rotatable bonds is 9. The van der Waals surface area contributed by atoms with E-state index in [1.807, 2.05) is 38.1 Å². The topological polar surface area (TPSA) is 135 Å². The molecule has 0 bridgehead atoms. The van der Waals surface area contributed by atoms with Gasteiger partial charge in [0, 0.05) is 50.4 Å². The number of hydrogen-bond donors (Lipinski definition) is 1. The van der Waals surface area contributed by atoms with Crippen molar-refractivity contribution in [1.82, 2.24) is 0 Å². The fourth-order valence-electron chi connectivity index (χ4n) is 10.7. The number of esters is 4. The van der Waals surface area contributed by atoms with Crippen molar-refractivity contribution in [2.24, 2.45) is 34.0 Å². The minimum absolute atomic E-state index is 0.00367. The van der Waals surface area contributed by atoms with Crippen LogP contribution in [0.25, 0.3) is 0 Å². The molecule has 0 aromatic heterocycles. The van der Waals surface area contributed by atoms with E-state index in [2.05, 4.69) is 26.0 Å². The molecule has 48 heavy (non-hydrogen) atoms. The van der Waals surface area contributed by atoms with Gasteiger partial charge >= 0.3 is 23.9 Å². The van der Waals surface area contributed by atoms with Gasteiger partial charge in [0.05, 0.1) is 25.4 Å². The molecule has 10 nitrogen and oxygen atoms in total. The number of ether oxygens (including phenoxy) is 5. The maximum atomic E-state index is 13.0. The highest BCUT2D eigenvalue weighted by atomic mass is 16.6. The summed E-state index contributed by atoms with van der Waals surface area (Å²) in [5.74, 6) is -3.10. The first-order valence-corrected chi connectivity index (χ1v) is 17.2. The predicted molar refractivity (Wildman–Crippen MR) is 175 cm³/mol. The molecule has 1 aliphatic heterocycles. The molecule has 3 fully saturated rings. The molecular formula is C38H52O10. The molecule has 1 saturated heterocycles. The van der Waals surface area contributed by atoms with Crippen LogP contribution < -0.4 is 0 Å². The van der Waals surface area contributed by atoms with Crippen molar-refractivity contribution in [3.05, 3.63) is 47.5 Å². The Kier molecular flexibility index (Phi) is 9.94. The predicted octanol–water partition coefficient (Wildman–Crippen LogP) is 5.30. The van der Waals surface area contributed by atoms with E-state index in [9.17, 15) is 24.3 Å². The van der Waals surface area contributed by atoms with Crippen LogP contribution in [0.15, 0.2) is 42.0 Å². The standard InChI is InChI=1S/C38H52O10/c1-22(28-12-10-9-11-13-28)19-38(43)23(2)18-31(46-25(4)40)36(8)29(38)14-15-35(7)30-20-44-21-37(30,16-17-45-24(3)39)34(48-27(6)42)32(33(35)36)47-26(5)41/h9-13,18,22,29-34,43H,14-17,19-21H2,1-8H3/t22?,29-,30+,31-,32+,33?,34+,35+,36-,37+,38-/m1/s1. The summed E-state index contributed by atoms with van der Waals surface area (Å²) in [7, 11) is 0. The second-order valence-corrected chi connectivity index (χ2v) is 15.3. The molecule has 0 radical (unpaired) electrons. The highest BCUT2D eigenvalue weighted by Crippen LogP contribution is 2.72. The van der Waals surface area contributed by atoms with Gasteiger partial charge in [0.2, 0.25) is 0 Å². The Hall–Kier alpha value is -3.24. The first kappa shape index (κ1) is 36.1. The summed E-state index contributed by atoms with van der Waals surface area (Å²) in [5.41, 5.74) is -1.82. The monoisotopic (exact) mass is 668 g/mol. The van der Waals surface area contributed by atoms with Gasteiger partial charge in [-0.25, -0.2) is 0 Å². The van der Waals surface area contributed by atoms with E-state index in [1.54, 1.807) is 0 Å². The molecule has 1 heterocycles. The maximum Gasteiger partial charge on any atom is 0.303 e. The lowest BCUT2D eigenvalue weighted by atomic mass is 9.36. The number of aliphatic hydroxyl groups is 1. The molecule has 4 aliphatic rings. The minimum Gasteiger partial charge on any atom is -0.466 e. The Labute approximate surface area is 283 Å². The van der Waals surface area contributed by atoms with Crippen molar-refractivity contribution in [1.29, 1.82) is 0 Å². The molecule has 2 unspecified atom stereocenters. The highest BCUT2D eigenvalue weighted by molar-refractivity contribution is 5.68. The lowest BCUT2D eigenvalue weighted by Gasteiger charge is -2.70. The molecule has 0 amide bonds. The number of carbonyl (C=O) groups excluding carboxylic acids is 4. The third-order valence-corrected chi connectivity index (χ3v) is 12.5. The van der Waals surface area contributed by atoms with Crippen LogP contribution in [0.2, 0.25) is 0 Å². The number of benzene rings is 1. The molecular weight excluding hydrogens is 616 g/mol. The van der Waals surface area contributed by atoms with Crippen molar-refractivity contribution in [3.8, 4) is 0 Å². The average Bonchev–Trinajstić information content (AvgIpc) is 3.44. The molecule has 1 aromatic rings. The van der Waals surface area contributed by atoms with Gasteiger partial charge in [-0.3, -0.25) is 19.2 Å². The zero-order chi connectivity index (χ0) is 35.2. The van der Waals surface area contributed by atoms with Crippen molar-refractivity contribution < 1.29 is 48.0 Å². The fourth-order valence-corrected chi connectivity index (χ4v) is 10.7. The Balaban J connectivity index is 1.71. The maximum absolute atomic E-state index is 13.0. The van der Waals surface area contributed by atoms with Gasteiger partial charge in [-0.15, -0.1) is 0 Å². The first-order chi connectivity index (χ1) is 22.5. The van der Waals surface area contributed by atoms with Crippen molar-refractivity contribution >= 4 is 23.9 Å². The van der Waals surface area contributed by atoms with Gasteiger partial charge in [-0.05, 0) is 67.1 Å². The zero-order valence-electron chi connectivity index (χ0n) is 29.6. The van der Waals surface area contributed by atoms with Crippen LogP contribution in [0.1, 0.15) is 92.6 Å². The van der Waals surface area contributed by atoms with Gasteiger partial charge in [0.15, 0.2) is 0 Å². The number of fused-ring (bicyclic) bond motifs is 5. The first-order valence-electron chi connectivity index (χ1n) is 17.2. The van der Waals surface area contributed by atoms with Crippen LogP contribution >= 0.6 is 0 Å². The summed E-state index contributed by atoms with van der Waals surface area (Å²) >= 11 is 0. The Morgan fingerprint density at radius 1 is 0.938 bits per heavy atom. The van der Waals surface area contributed by atoms with E-state index in [1.165, 1.54) is 27.7 Å². The van der Waals surface area contributed by atoms with Crippen LogP contribution in [-0.2, 0) is 42.9 Å². The largest absolute Gasteiger partial charge is 0.466 e. The zero-order valence-corrected chi connectivity index (χ0v) is 29.6. The molecule has 5 rings (SSSR count). The van der Waals surface area contributed by atoms with Crippen molar-refractivity contribution in [3.63, 3.8) is 0 Å². The van der Waals surface area contributed by atoms with E-state index in [0.717, 1.165) is 11.1 Å². The van der Waals surface area contributed by atoms with Gasteiger partial charge in [-0.2, -0.15) is 0 Å². The summed E-state index contributed by atoms with van der Waals surface area (Å²) in [6.07, 6.45) is 1.21. The van der Waals surface area contributed by atoms with Gasteiger partial charge in [0.25, 0.3) is 0 Å². The lowest BCUT2D eigenvalue weighted by molar-refractivity contribution is -0.287.